The molecule has 1 saturated heterocycles. The summed E-state index contributed by atoms with van der Waals surface area (Å²) >= 11 is 0. The number of nitrogens with one attached hydrogen (secondary N) is 2. The van der Waals surface area contributed by atoms with E-state index in [1.54, 1.807) is 17.6 Å². The molecule has 0 saturated carbocycles. The van der Waals surface area contributed by atoms with E-state index in [9.17, 15) is 9.59 Å². The highest BCUT2D eigenvalue weighted by Gasteiger charge is 2.44. The van der Waals surface area contributed by atoms with Crippen molar-refractivity contribution in [3.63, 3.8) is 0 Å². The van der Waals surface area contributed by atoms with Crippen molar-refractivity contribution in [3.8, 4) is 0 Å². The maximum absolute atomic E-state index is 12.0. The first-order valence-corrected chi connectivity index (χ1v) is 6.49. The van der Waals surface area contributed by atoms with E-state index in [-0.39, 0.29) is 11.3 Å². The maximum atomic E-state index is 12.0. The van der Waals surface area contributed by atoms with Gasteiger partial charge in [0.2, 0.25) is 5.91 Å². The molecule has 2 amide bonds. The Morgan fingerprint density at radius 3 is 2.84 bits per heavy atom. The zero-order valence-corrected chi connectivity index (χ0v) is 10.5. The van der Waals surface area contributed by atoms with Crippen molar-refractivity contribution in [2.75, 3.05) is 6.54 Å². The number of carbonyl (C=O) groups is 2. The van der Waals surface area contributed by atoms with E-state index >= 15 is 0 Å². The van der Waals surface area contributed by atoms with Gasteiger partial charge in [0.25, 0.3) is 5.91 Å². The summed E-state index contributed by atoms with van der Waals surface area (Å²) in [5.41, 5.74) is 4.02. The lowest BCUT2D eigenvalue weighted by Gasteiger charge is -2.32. The number of hydrogen-bond donors (Lipinski definition) is 3. The first-order valence-electron chi connectivity index (χ1n) is 6.49. The number of amides is 2. The van der Waals surface area contributed by atoms with E-state index in [1.807, 2.05) is 6.07 Å². The van der Waals surface area contributed by atoms with Crippen molar-refractivity contribution in [1.82, 2.24) is 10.8 Å². The Morgan fingerprint density at radius 1 is 1.32 bits per heavy atom. The van der Waals surface area contributed by atoms with Crippen LogP contribution in [0.5, 0.6) is 0 Å². The Bertz CT molecular complexity index is 556. The second-order valence-electron chi connectivity index (χ2n) is 5.39. The molecule has 100 valence electrons. The molecule has 1 fully saturated rings. The molecule has 1 aromatic carbocycles. The molecule has 1 atom stereocenters. The molecule has 5 nitrogen and oxygen atoms in total. The molecule has 1 heterocycles. The van der Waals surface area contributed by atoms with Gasteiger partial charge in [-0.25, -0.2) is 5.48 Å². The number of hydrogen-bond acceptors (Lipinski definition) is 3. The molecule has 0 unspecified atom stereocenters. The topological polar surface area (TPSA) is 78.4 Å². The largest absolute Gasteiger partial charge is 0.356 e. The summed E-state index contributed by atoms with van der Waals surface area (Å²) < 4.78 is 0. The average Bonchev–Trinajstić information content (AvgIpc) is 2.78. The van der Waals surface area contributed by atoms with E-state index in [0.29, 0.717) is 12.0 Å². The fraction of sp³-hybridized carbons (Fsp3) is 0.429. The number of aryl methyl sites for hydroxylation is 1. The predicted octanol–water partition coefficient (Wildman–Crippen LogP) is 0.801. The predicted molar refractivity (Wildman–Crippen MR) is 67.8 cm³/mol. The van der Waals surface area contributed by atoms with E-state index in [4.69, 9.17) is 5.21 Å². The van der Waals surface area contributed by atoms with Gasteiger partial charge in [-0.1, -0.05) is 6.07 Å². The minimum Gasteiger partial charge on any atom is -0.356 e. The van der Waals surface area contributed by atoms with E-state index in [2.05, 4.69) is 5.32 Å². The Balaban J connectivity index is 1.95. The third-order valence-corrected chi connectivity index (χ3v) is 4.34. The van der Waals surface area contributed by atoms with Gasteiger partial charge in [-0.05, 0) is 48.9 Å². The Kier molecular flexibility index (Phi) is 2.78. The average molecular weight is 260 g/mol. The van der Waals surface area contributed by atoms with Gasteiger partial charge in [-0.2, -0.15) is 0 Å². The second kappa shape index (κ2) is 4.35. The molecule has 3 N–H and O–H groups in total. The Hall–Kier alpha value is -1.88. The van der Waals surface area contributed by atoms with Gasteiger partial charge in [0.1, 0.15) is 0 Å². The Labute approximate surface area is 111 Å². The summed E-state index contributed by atoms with van der Waals surface area (Å²) in [5, 5.41) is 11.6. The van der Waals surface area contributed by atoms with Gasteiger partial charge in [-0.3, -0.25) is 14.8 Å². The first-order chi connectivity index (χ1) is 9.14. The van der Waals surface area contributed by atoms with Crippen LogP contribution in [0.25, 0.3) is 0 Å². The number of hydroxylamine groups is 1. The number of rotatable bonds is 1. The lowest BCUT2D eigenvalue weighted by Crippen LogP contribution is -2.36. The van der Waals surface area contributed by atoms with Gasteiger partial charge in [0.15, 0.2) is 0 Å². The molecule has 1 spiro atoms. The molecule has 5 heteroatoms. The molecule has 1 aromatic rings. The minimum atomic E-state index is -0.515. The SMILES string of the molecule is O=C(NO)c1ccc2c(c1)C[C@]1(CCNC1=O)CC2. The highest BCUT2D eigenvalue weighted by molar-refractivity contribution is 5.93. The molecule has 1 aliphatic heterocycles. The summed E-state index contributed by atoms with van der Waals surface area (Å²) in [4.78, 5) is 23.4. The highest BCUT2D eigenvalue weighted by Crippen LogP contribution is 2.41. The van der Waals surface area contributed by atoms with Crippen molar-refractivity contribution in [2.24, 2.45) is 5.41 Å². The fourth-order valence-electron chi connectivity index (χ4n) is 3.19. The van der Waals surface area contributed by atoms with Crippen LogP contribution in [-0.4, -0.2) is 23.6 Å². The summed E-state index contributed by atoms with van der Waals surface area (Å²) in [6.07, 6.45) is 3.28. The molecule has 0 aromatic heterocycles. The molecule has 3 rings (SSSR count). The van der Waals surface area contributed by atoms with Crippen molar-refractivity contribution in [3.05, 3.63) is 34.9 Å². The summed E-state index contributed by atoms with van der Waals surface area (Å²) in [6, 6.07) is 5.41. The van der Waals surface area contributed by atoms with Crippen LogP contribution in [0.4, 0.5) is 0 Å². The molecule has 19 heavy (non-hydrogen) atoms. The minimum absolute atomic E-state index is 0.134. The van der Waals surface area contributed by atoms with Gasteiger partial charge < -0.3 is 5.32 Å². The van der Waals surface area contributed by atoms with E-state index in [1.165, 1.54) is 5.56 Å². The monoisotopic (exact) mass is 260 g/mol. The molecule has 1 aliphatic carbocycles. The standard InChI is InChI=1S/C14H16N2O3/c17-12(16-19)10-2-1-9-3-4-14(8-11(9)7-10)5-6-15-13(14)18/h1-2,7,19H,3-6,8H2,(H,15,18)(H,16,17)/t14-/m1/s1. The third-order valence-electron chi connectivity index (χ3n) is 4.34. The van der Waals surface area contributed by atoms with Crippen LogP contribution >= 0.6 is 0 Å². The summed E-state index contributed by atoms with van der Waals surface area (Å²) in [7, 11) is 0. The van der Waals surface area contributed by atoms with Gasteiger partial charge >= 0.3 is 0 Å². The lowest BCUT2D eigenvalue weighted by atomic mass is 9.70. The number of benzene rings is 1. The van der Waals surface area contributed by atoms with E-state index in [0.717, 1.165) is 31.4 Å². The van der Waals surface area contributed by atoms with Gasteiger partial charge in [-0.15, -0.1) is 0 Å². The van der Waals surface area contributed by atoms with Crippen LogP contribution in [0.1, 0.15) is 34.3 Å². The van der Waals surface area contributed by atoms with Crippen LogP contribution in [0, 0.1) is 5.41 Å². The molecular weight excluding hydrogens is 244 g/mol. The number of carbonyl (C=O) groups excluding carboxylic acids is 2. The van der Waals surface area contributed by atoms with E-state index < -0.39 is 5.91 Å². The summed E-state index contributed by atoms with van der Waals surface area (Å²) in [5.74, 6) is -0.381. The molecule has 0 radical (unpaired) electrons. The smallest absolute Gasteiger partial charge is 0.274 e. The Morgan fingerprint density at radius 2 is 2.16 bits per heavy atom. The van der Waals surface area contributed by atoms with Gasteiger partial charge in [0, 0.05) is 12.1 Å². The second-order valence-corrected chi connectivity index (χ2v) is 5.39. The van der Waals surface area contributed by atoms with Crippen LogP contribution in [0.2, 0.25) is 0 Å². The zero-order chi connectivity index (χ0) is 13.5. The quantitative estimate of drug-likeness (QED) is 0.516. The number of fused-ring (bicyclic) bond motifs is 1. The fourth-order valence-corrected chi connectivity index (χ4v) is 3.19. The van der Waals surface area contributed by atoms with Crippen LogP contribution in [0.3, 0.4) is 0 Å². The van der Waals surface area contributed by atoms with Crippen molar-refractivity contribution < 1.29 is 14.8 Å². The van der Waals surface area contributed by atoms with Crippen molar-refractivity contribution in [2.45, 2.75) is 25.7 Å². The first kappa shape index (κ1) is 12.2. The molecular formula is C14H16N2O3. The lowest BCUT2D eigenvalue weighted by molar-refractivity contribution is -0.128. The van der Waals surface area contributed by atoms with Crippen molar-refractivity contribution in [1.29, 1.82) is 0 Å². The van der Waals surface area contributed by atoms with Crippen LogP contribution in [0.15, 0.2) is 18.2 Å². The van der Waals surface area contributed by atoms with Crippen LogP contribution in [-0.2, 0) is 17.6 Å². The normalized spacial score (nSPS) is 25.0. The third kappa shape index (κ3) is 1.90. The highest BCUT2D eigenvalue weighted by atomic mass is 16.5. The van der Waals surface area contributed by atoms with Crippen LogP contribution < -0.4 is 10.8 Å². The summed E-state index contributed by atoms with van der Waals surface area (Å²) in [6.45, 7) is 0.741. The maximum Gasteiger partial charge on any atom is 0.274 e. The molecule has 2 aliphatic rings. The zero-order valence-electron chi connectivity index (χ0n) is 10.5. The van der Waals surface area contributed by atoms with Crippen molar-refractivity contribution >= 4 is 11.8 Å². The van der Waals surface area contributed by atoms with Gasteiger partial charge in [0.05, 0.1) is 5.41 Å². The molecule has 0 bridgehead atoms.